The molecule has 1 aliphatic heterocycles. The number of hydrogen-bond donors (Lipinski definition) is 2. The third-order valence-electron chi connectivity index (χ3n) is 4.17. The molecule has 1 fully saturated rings. The molecule has 6 nitrogen and oxygen atoms in total. The Morgan fingerprint density at radius 2 is 2.04 bits per heavy atom. The van der Waals surface area contributed by atoms with Gasteiger partial charge in [-0.2, -0.15) is 0 Å². The fourth-order valence-electron chi connectivity index (χ4n) is 2.93. The number of hydrogen-bond acceptors (Lipinski definition) is 4. The normalized spacial score (nSPS) is 17.7. The zero-order valence-electron chi connectivity index (χ0n) is 13.5. The van der Waals surface area contributed by atoms with E-state index in [1.165, 1.54) is 18.2 Å². The van der Waals surface area contributed by atoms with E-state index in [0.29, 0.717) is 10.7 Å². The van der Waals surface area contributed by atoms with Gasteiger partial charge in [-0.15, -0.1) is 0 Å². The van der Waals surface area contributed by atoms with Crippen LogP contribution in [0.5, 0.6) is 0 Å². The highest BCUT2D eigenvalue weighted by molar-refractivity contribution is 7.92. The fourth-order valence-corrected chi connectivity index (χ4v) is 4.75. The van der Waals surface area contributed by atoms with Crippen molar-refractivity contribution in [2.75, 3.05) is 11.3 Å². The number of imidazole rings is 1. The molecule has 0 radical (unpaired) electrons. The summed E-state index contributed by atoms with van der Waals surface area (Å²) in [7, 11) is -3.87. The second-order valence-electron chi connectivity index (χ2n) is 6.04. The van der Waals surface area contributed by atoms with Gasteiger partial charge < -0.3 is 9.72 Å². The summed E-state index contributed by atoms with van der Waals surface area (Å²) in [6, 6.07) is 9.39. The Bertz CT molecular complexity index is 1080. The largest absolute Gasteiger partial charge is 0.370 e. The van der Waals surface area contributed by atoms with E-state index in [1.807, 2.05) is 0 Å². The minimum Gasteiger partial charge on any atom is -0.370 e. The van der Waals surface area contributed by atoms with Crippen molar-refractivity contribution in [2.24, 2.45) is 0 Å². The molecule has 1 aromatic heterocycles. The second kappa shape index (κ2) is 6.74. The summed E-state index contributed by atoms with van der Waals surface area (Å²) in [5.74, 6) is 0.760. The van der Waals surface area contributed by atoms with Crippen LogP contribution in [0.2, 0.25) is 10.0 Å². The van der Waals surface area contributed by atoms with E-state index in [2.05, 4.69) is 14.7 Å². The monoisotopic (exact) mass is 411 g/mol. The molecule has 0 aliphatic carbocycles. The Morgan fingerprint density at radius 3 is 2.81 bits per heavy atom. The number of rotatable bonds is 4. The van der Waals surface area contributed by atoms with Crippen LogP contribution in [0.25, 0.3) is 11.0 Å². The average molecular weight is 412 g/mol. The zero-order chi connectivity index (χ0) is 18.3. The number of nitrogens with zero attached hydrogens (tertiary/aromatic N) is 1. The number of nitrogens with one attached hydrogen (secondary N) is 2. The minimum absolute atomic E-state index is 0.0344. The van der Waals surface area contributed by atoms with Crippen molar-refractivity contribution in [3.8, 4) is 0 Å². The van der Waals surface area contributed by atoms with Gasteiger partial charge in [0.1, 0.15) is 16.8 Å². The van der Waals surface area contributed by atoms with Crippen molar-refractivity contribution in [1.82, 2.24) is 9.97 Å². The lowest BCUT2D eigenvalue weighted by molar-refractivity contribution is 0.106. The van der Waals surface area contributed by atoms with Crippen molar-refractivity contribution in [3.63, 3.8) is 0 Å². The Labute approximate surface area is 160 Å². The van der Waals surface area contributed by atoms with E-state index in [0.717, 1.165) is 36.3 Å². The summed E-state index contributed by atoms with van der Waals surface area (Å²) in [4.78, 5) is 7.65. The van der Waals surface area contributed by atoms with E-state index in [-0.39, 0.29) is 16.0 Å². The van der Waals surface area contributed by atoms with E-state index < -0.39 is 10.0 Å². The topological polar surface area (TPSA) is 84.1 Å². The highest BCUT2D eigenvalue weighted by atomic mass is 35.5. The van der Waals surface area contributed by atoms with Gasteiger partial charge in [0.25, 0.3) is 10.0 Å². The number of halogens is 2. The number of ether oxygens (including phenoxy) is 1. The van der Waals surface area contributed by atoms with Crippen molar-refractivity contribution >= 4 is 49.9 Å². The second-order valence-corrected chi connectivity index (χ2v) is 8.53. The molecule has 1 saturated heterocycles. The maximum absolute atomic E-state index is 12.6. The van der Waals surface area contributed by atoms with Crippen LogP contribution in [0.1, 0.15) is 24.8 Å². The van der Waals surface area contributed by atoms with Crippen molar-refractivity contribution in [2.45, 2.75) is 23.8 Å². The standard InChI is InChI=1S/C17H15Cl2N3O3S/c18-10-3-5-12(19)16(8-10)26(23,24)22-11-4-6-13-14(9-11)21-17(20-13)15-2-1-7-25-15/h3-6,8-9,15,22H,1-2,7H2,(H,20,21)/t15-/m1/s1. The first-order chi connectivity index (χ1) is 12.4. The molecule has 4 rings (SSSR count). The van der Waals surface area contributed by atoms with Crippen LogP contribution in [-0.2, 0) is 14.8 Å². The van der Waals surface area contributed by atoms with Crippen molar-refractivity contribution < 1.29 is 13.2 Å². The van der Waals surface area contributed by atoms with Gasteiger partial charge in [-0.05, 0) is 49.2 Å². The van der Waals surface area contributed by atoms with E-state index in [1.54, 1.807) is 18.2 Å². The maximum atomic E-state index is 12.6. The van der Waals surface area contributed by atoms with Crippen LogP contribution < -0.4 is 4.72 Å². The summed E-state index contributed by atoms with van der Waals surface area (Å²) in [5, 5.41) is 0.394. The van der Waals surface area contributed by atoms with E-state index in [4.69, 9.17) is 27.9 Å². The summed E-state index contributed by atoms with van der Waals surface area (Å²) in [6.45, 7) is 0.729. The van der Waals surface area contributed by atoms with Gasteiger partial charge in [-0.1, -0.05) is 23.2 Å². The molecule has 0 unspecified atom stereocenters. The van der Waals surface area contributed by atoms with Crippen LogP contribution in [-0.4, -0.2) is 25.0 Å². The van der Waals surface area contributed by atoms with Crippen LogP contribution >= 0.6 is 23.2 Å². The van der Waals surface area contributed by atoms with Crippen LogP contribution in [0.3, 0.4) is 0 Å². The molecule has 26 heavy (non-hydrogen) atoms. The Hall–Kier alpha value is -1.80. The van der Waals surface area contributed by atoms with Gasteiger partial charge in [0.15, 0.2) is 0 Å². The number of fused-ring (bicyclic) bond motifs is 1. The summed E-state index contributed by atoms with van der Waals surface area (Å²) in [5.41, 5.74) is 1.88. The lowest BCUT2D eigenvalue weighted by Crippen LogP contribution is -2.13. The molecule has 2 aromatic carbocycles. The smallest absolute Gasteiger partial charge is 0.263 e. The molecule has 9 heteroatoms. The molecular weight excluding hydrogens is 397 g/mol. The molecule has 3 aromatic rings. The van der Waals surface area contributed by atoms with E-state index in [9.17, 15) is 8.42 Å². The lowest BCUT2D eigenvalue weighted by atomic mass is 10.2. The van der Waals surface area contributed by atoms with Crippen LogP contribution in [0.15, 0.2) is 41.3 Å². The molecule has 0 bridgehead atoms. The van der Waals surface area contributed by atoms with Gasteiger partial charge >= 0.3 is 0 Å². The number of H-pyrrole nitrogens is 1. The Morgan fingerprint density at radius 1 is 1.19 bits per heavy atom. The first kappa shape index (κ1) is 17.6. The molecule has 2 heterocycles. The molecule has 1 atom stereocenters. The number of aromatic nitrogens is 2. The summed E-state index contributed by atoms with van der Waals surface area (Å²) in [6.07, 6.45) is 1.90. The zero-order valence-corrected chi connectivity index (χ0v) is 15.8. The molecule has 0 saturated carbocycles. The van der Waals surface area contributed by atoms with Gasteiger partial charge in [0, 0.05) is 11.6 Å². The van der Waals surface area contributed by atoms with Gasteiger partial charge in [0.05, 0.1) is 21.7 Å². The van der Waals surface area contributed by atoms with Gasteiger partial charge in [-0.25, -0.2) is 13.4 Å². The average Bonchev–Trinajstić information content (AvgIpc) is 3.25. The highest BCUT2D eigenvalue weighted by Gasteiger charge is 2.22. The number of sulfonamides is 1. The Balaban J connectivity index is 1.65. The van der Waals surface area contributed by atoms with Crippen molar-refractivity contribution in [3.05, 3.63) is 52.3 Å². The number of anilines is 1. The predicted octanol–water partition coefficient (Wildman–Crippen LogP) is 4.52. The first-order valence-electron chi connectivity index (χ1n) is 8.01. The quantitative estimate of drug-likeness (QED) is 0.660. The SMILES string of the molecule is O=S(=O)(Nc1ccc2nc([C@H]3CCCO3)[nH]c2c1)c1cc(Cl)ccc1Cl. The summed E-state index contributed by atoms with van der Waals surface area (Å²) < 4.78 is 33.4. The first-order valence-corrected chi connectivity index (χ1v) is 10.3. The summed E-state index contributed by atoms with van der Waals surface area (Å²) >= 11 is 11.9. The molecule has 0 amide bonds. The predicted molar refractivity (Wildman–Crippen MR) is 101 cm³/mol. The molecule has 136 valence electrons. The van der Waals surface area contributed by atoms with Crippen molar-refractivity contribution in [1.29, 1.82) is 0 Å². The maximum Gasteiger partial charge on any atom is 0.263 e. The molecule has 2 N–H and O–H groups in total. The lowest BCUT2D eigenvalue weighted by Gasteiger charge is -2.10. The number of aromatic amines is 1. The number of benzene rings is 2. The van der Waals surface area contributed by atoms with E-state index >= 15 is 0 Å². The third-order valence-corrected chi connectivity index (χ3v) is 6.27. The van der Waals surface area contributed by atoms with Gasteiger partial charge in [0.2, 0.25) is 0 Å². The highest BCUT2D eigenvalue weighted by Crippen LogP contribution is 2.30. The van der Waals surface area contributed by atoms with Crippen LogP contribution in [0.4, 0.5) is 5.69 Å². The van der Waals surface area contributed by atoms with Crippen LogP contribution in [0, 0.1) is 0 Å². The molecule has 0 spiro atoms. The van der Waals surface area contributed by atoms with Gasteiger partial charge in [-0.3, -0.25) is 4.72 Å². The Kier molecular flexibility index (Phi) is 4.56. The molecular formula is C17H15Cl2N3O3S. The minimum atomic E-state index is -3.87. The molecule has 1 aliphatic rings. The fraction of sp³-hybridized carbons (Fsp3) is 0.235. The third kappa shape index (κ3) is 3.40.